The van der Waals surface area contributed by atoms with E-state index < -0.39 is 5.25 Å². The summed E-state index contributed by atoms with van der Waals surface area (Å²) in [6.45, 7) is 3.89. The van der Waals surface area contributed by atoms with Crippen LogP contribution in [0.5, 0.6) is 5.75 Å². The van der Waals surface area contributed by atoms with Crippen LogP contribution in [0.25, 0.3) is 17.3 Å². The van der Waals surface area contributed by atoms with Crippen molar-refractivity contribution < 1.29 is 18.7 Å². The highest BCUT2D eigenvalue weighted by molar-refractivity contribution is 8.00. The number of thioether (sulfide) groups is 1. The van der Waals surface area contributed by atoms with Gasteiger partial charge in [0.05, 0.1) is 25.7 Å². The Bertz CT molecular complexity index is 876. The average Bonchev–Trinajstić information content (AvgIpc) is 3.31. The minimum Gasteiger partial charge on any atom is -0.495 e. The third kappa shape index (κ3) is 3.60. The predicted octanol–water partition coefficient (Wildman–Crippen LogP) is 3.58. The highest BCUT2D eigenvalue weighted by Crippen LogP contribution is 2.34. The van der Waals surface area contributed by atoms with Gasteiger partial charge in [-0.3, -0.25) is 9.36 Å². The fourth-order valence-corrected chi connectivity index (χ4v) is 3.27. The van der Waals surface area contributed by atoms with E-state index in [-0.39, 0.29) is 5.97 Å². The first kappa shape index (κ1) is 18.1. The van der Waals surface area contributed by atoms with Crippen molar-refractivity contribution in [1.29, 1.82) is 0 Å². The lowest BCUT2D eigenvalue weighted by Crippen LogP contribution is -2.17. The maximum Gasteiger partial charge on any atom is 0.319 e. The van der Waals surface area contributed by atoms with Gasteiger partial charge in [-0.25, -0.2) is 0 Å². The monoisotopic (exact) mass is 373 g/mol. The number of para-hydroxylation sites is 2. The number of rotatable bonds is 7. The number of esters is 1. The molecule has 1 unspecified atom stereocenters. The Labute approximate surface area is 155 Å². The van der Waals surface area contributed by atoms with Crippen molar-refractivity contribution in [3.8, 4) is 23.0 Å². The van der Waals surface area contributed by atoms with Gasteiger partial charge in [0.15, 0.2) is 10.9 Å². The predicted molar refractivity (Wildman–Crippen MR) is 97.6 cm³/mol. The van der Waals surface area contributed by atoms with E-state index in [0.717, 1.165) is 5.69 Å². The van der Waals surface area contributed by atoms with Gasteiger partial charge < -0.3 is 13.9 Å². The number of ether oxygens (including phenoxy) is 2. The van der Waals surface area contributed by atoms with E-state index in [1.807, 2.05) is 28.8 Å². The lowest BCUT2D eigenvalue weighted by atomic mass is 10.3. The molecule has 0 N–H and O–H groups in total. The van der Waals surface area contributed by atoms with Crippen molar-refractivity contribution in [3.05, 3.63) is 42.7 Å². The molecule has 0 bridgehead atoms. The van der Waals surface area contributed by atoms with Crippen LogP contribution in [0.3, 0.4) is 0 Å². The number of methoxy groups -OCH3 is 1. The second-order valence-electron chi connectivity index (χ2n) is 5.30. The molecule has 0 amide bonds. The molecule has 0 saturated carbocycles. The topological polar surface area (TPSA) is 79.4 Å². The van der Waals surface area contributed by atoms with Gasteiger partial charge in [-0.15, -0.1) is 10.2 Å². The Morgan fingerprint density at radius 1 is 1.27 bits per heavy atom. The summed E-state index contributed by atoms with van der Waals surface area (Å²) in [4.78, 5) is 12.0. The molecule has 7 nitrogen and oxygen atoms in total. The van der Waals surface area contributed by atoms with Crippen molar-refractivity contribution in [1.82, 2.24) is 14.8 Å². The summed E-state index contributed by atoms with van der Waals surface area (Å²) in [7, 11) is 1.60. The summed E-state index contributed by atoms with van der Waals surface area (Å²) >= 11 is 1.27. The van der Waals surface area contributed by atoms with E-state index in [1.165, 1.54) is 11.8 Å². The van der Waals surface area contributed by atoms with E-state index in [1.54, 1.807) is 39.4 Å². The molecule has 0 aliphatic carbocycles. The first-order valence-corrected chi connectivity index (χ1v) is 8.99. The summed E-state index contributed by atoms with van der Waals surface area (Å²) in [5.41, 5.74) is 0.755. The number of hydrogen-bond donors (Lipinski definition) is 0. The molecule has 26 heavy (non-hydrogen) atoms. The number of benzene rings is 1. The van der Waals surface area contributed by atoms with E-state index in [2.05, 4.69) is 10.2 Å². The van der Waals surface area contributed by atoms with Crippen molar-refractivity contribution in [3.63, 3.8) is 0 Å². The quantitative estimate of drug-likeness (QED) is 0.462. The second-order valence-corrected chi connectivity index (χ2v) is 6.61. The van der Waals surface area contributed by atoms with Gasteiger partial charge in [-0.1, -0.05) is 23.9 Å². The highest BCUT2D eigenvalue weighted by Gasteiger charge is 2.24. The van der Waals surface area contributed by atoms with Gasteiger partial charge in [0.2, 0.25) is 5.82 Å². The summed E-state index contributed by atoms with van der Waals surface area (Å²) in [5, 5.41) is 8.63. The Kier molecular flexibility index (Phi) is 5.62. The van der Waals surface area contributed by atoms with Crippen LogP contribution in [0.2, 0.25) is 0 Å². The Morgan fingerprint density at radius 3 is 2.77 bits per heavy atom. The number of carbonyl (C=O) groups is 1. The zero-order valence-electron chi connectivity index (χ0n) is 14.7. The maximum absolute atomic E-state index is 12.0. The number of nitrogens with zero attached hydrogens (tertiary/aromatic N) is 3. The third-order valence-corrected chi connectivity index (χ3v) is 4.62. The Hall–Kier alpha value is -2.74. The first-order chi connectivity index (χ1) is 12.7. The SMILES string of the molecule is CCOC(=O)C(C)Sc1nnc(-c2ccco2)n1-c1ccccc1OC. The van der Waals surface area contributed by atoms with E-state index in [9.17, 15) is 4.79 Å². The van der Waals surface area contributed by atoms with Crippen LogP contribution in [0.15, 0.2) is 52.2 Å². The zero-order valence-corrected chi connectivity index (χ0v) is 15.5. The fourth-order valence-electron chi connectivity index (χ4n) is 2.41. The molecule has 0 spiro atoms. The molecule has 0 saturated heterocycles. The standard InChI is InChI=1S/C18H19N3O4S/c1-4-24-17(22)12(2)26-18-20-19-16(15-10-7-11-25-15)21(18)13-8-5-6-9-14(13)23-3/h5-12H,4H2,1-3H3. The maximum atomic E-state index is 12.0. The number of aromatic nitrogens is 3. The summed E-state index contributed by atoms with van der Waals surface area (Å²) in [6, 6.07) is 11.1. The van der Waals surface area contributed by atoms with Crippen molar-refractivity contribution in [2.75, 3.05) is 13.7 Å². The van der Waals surface area contributed by atoms with Gasteiger partial charge >= 0.3 is 5.97 Å². The van der Waals surface area contributed by atoms with Crippen LogP contribution in [0.4, 0.5) is 0 Å². The molecule has 1 atom stereocenters. The Morgan fingerprint density at radius 2 is 2.08 bits per heavy atom. The van der Waals surface area contributed by atoms with Gasteiger partial charge in [-0.2, -0.15) is 0 Å². The van der Waals surface area contributed by atoms with Gasteiger partial charge in [-0.05, 0) is 38.1 Å². The molecule has 0 aliphatic rings. The number of furan rings is 1. The summed E-state index contributed by atoms with van der Waals surface area (Å²) < 4.78 is 17.9. The van der Waals surface area contributed by atoms with Crippen LogP contribution >= 0.6 is 11.8 Å². The number of hydrogen-bond acceptors (Lipinski definition) is 7. The van der Waals surface area contributed by atoms with Crippen LogP contribution in [0.1, 0.15) is 13.8 Å². The molecule has 136 valence electrons. The molecule has 0 fully saturated rings. The van der Waals surface area contributed by atoms with E-state index >= 15 is 0 Å². The third-order valence-electron chi connectivity index (χ3n) is 3.60. The lowest BCUT2D eigenvalue weighted by Gasteiger charge is -2.14. The molecular formula is C18H19N3O4S. The van der Waals surface area contributed by atoms with Gasteiger partial charge in [0.25, 0.3) is 0 Å². The molecule has 8 heteroatoms. The molecular weight excluding hydrogens is 354 g/mol. The Balaban J connectivity index is 2.07. The van der Waals surface area contributed by atoms with Crippen LogP contribution in [0, 0.1) is 0 Å². The average molecular weight is 373 g/mol. The van der Waals surface area contributed by atoms with Crippen molar-refractivity contribution >= 4 is 17.7 Å². The first-order valence-electron chi connectivity index (χ1n) is 8.11. The van der Waals surface area contributed by atoms with Crippen LogP contribution in [-0.4, -0.2) is 39.7 Å². The lowest BCUT2D eigenvalue weighted by molar-refractivity contribution is -0.142. The molecule has 3 rings (SSSR count). The van der Waals surface area contributed by atoms with Crippen LogP contribution < -0.4 is 4.74 Å². The molecule has 3 aromatic rings. The summed E-state index contributed by atoms with van der Waals surface area (Å²) in [5.74, 6) is 1.45. The van der Waals surface area contributed by atoms with Gasteiger partial charge in [0.1, 0.15) is 11.0 Å². The van der Waals surface area contributed by atoms with Crippen molar-refractivity contribution in [2.45, 2.75) is 24.3 Å². The fraction of sp³-hybridized carbons (Fsp3) is 0.278. The molecule has 2 aromatic heterocycles. The highest BCUT2D eigenvalue weighted by atomic mass is 32.2. The normalized spacial score (nSPS) is 12.0. The second kappa shape index (κ2) is 8.09. The summed E-state index contributed by atoms with van der Waals surface area (Å²) in [6.07, 6.45) is 1.57. The largest absolute Gasteiger partial charge is 0.495 e. The molecule has 1 aromatic carbocycles. The van der Waals surface area contributed by atoms with Crippen LogP contribution in [-0.2, 0) is 9.53 Å². The molecule has 0 radical (unpaired) electrons. The van der Waals surface area contributed by atoms with Crippen molar-refractivity contribution in [2.24, 2.45) is 0 Å². The number of carbonyl (C=O) groups excluding carboxylic acids is 1. The molecule has 2 heterocycles. The van der Waals surface area contributed by atoms with Gasteiger partial charge in [0, 0.05) is 0 Å². The molecule has 0 aliphatic heterocycles. The minimum absolute atomic E-state index is 0.299. The van der Waals surface area contributed by atoms with E-state index in [4.69, 9.17) is 13.9 Å². The van der Waals surface area contributed by atoms with E-state index in [0.29, 0.717) is 29.1 Å². The minimum atomic E-state index is -0.433. The smallest absolute Gasteiger partial charge is 0.319 e. The zero-order chi connectivity index (χ0) is 18.5.